The average Bonchev–Trinajstić information content (AvgIpc) is 2.95. The zero-order valence-corrected chi connectivity index (χ0v) is 13.7. The van der Waals surface area contributed by atoms with E-state index >= 15 is 0 Å². The summed E-state index contributed by atoms with van der Waals surface area (Å²) >= 11 is 0. The number of hydrogen-bond acceptors (Lipinski definition) is 4. The Kier molecular flexibility index (Phi) is 4.11. The first-order valence-corrected chi connectivity index (χ1v) is 8.42. The molecule has 3 aromatic rings. The fourth-order valence-corrected chi connectivity index (χ4v) is 3.30. The van der Waals surface area contributed by atoms with E-state index in [4.69, 9.17) is 4.42 Å². The molecule has 25 heavy (non-hydrogen) atoms. The highest BCUT2D eigenvalue weighted by Gasteiger charge is 2.15. The number of amides is 1. The molecule has 2 N–H and O–H groups in total. The van der Waals surface area contributed by atoms with Crippen molar-refractivity contribution in [2.45, 2.75) is 25.9 Å². The largest absolute Gasteiger partial charge is 0.419 e. The van der Waals surface area contributed by atoms with Gasteiger partial charge in [0.2, 0.25) is 5.91 Å². The highest BCUT2D eigenvalue weighted by molar-refractivity contribution is 5.91. The van der Waals surface area contributed by atoms with Gasteiger partial charge in [0.25, 0.3) is 0 Å². The Balaban J connectivity index is 1.48. The summed E-state index contributed by atoms with van der Waals surface area (Å²) in [5, 5.41) is 6.31. The second-order valence-electron chi connectivity index (χ2n) is 6.16. The van der Waals surface area contributed by atoms with E-state index in [0.29, 0.717) is 11.1 Å². The molecule has 1 amide bonds. The lowest BCUT2D eigenvalue weighted by Gasteiger charge is -2.20. The molecule has 0 spiro atoms. The SMILES string of the molecule is O=C(CCn1c(=O)oc2ccccc21)Nc1cccc2c1CCNC2. The molecule has 128 valence electrons. The average molecular weight is 337 g/mol. The summed E-state index contributed by atoms with van der Waals surface area (Å²) in [6, 6.07) is 13.2. The molecule has 1 aliphatic heterocycles. The third-order valence-corrected chi connectivity index (χ3v) is 4.55. The standard InChI is InChI=1S/C19H19N3O3/c23-18(21-15-5-3-4-13-12-20-10-8-14(13)15)9-11-22-16-6-1-2-7-17(16)25-19(22)24/h1-7,20H,8-12H2,(H,21,23). The number of aryl methyl sites for hydroxylation is 1. The van der Waals surface area contributed by atoms with Gasteiger partial charge in [-0.3, -0.25) is 9.36 Å². The minimum atomic E-state index is -0.433. The van der Waals surface area contributed by atoms with Crippen LogP contribution in [0.25, 0.3) is 11.1 Å². The van der Waals surface area contributed by atoms with Crippen molar-refractivity contribution in [2.24, 2.45) is 0 Å². The van der Waals surface area contributed by atoms with E-state index in [1.54, 1.807) is 6.07 Å². The summed E-state index contributed by atoms with van der Waals surface area (Å²) in [6.45, 7) is 2.03. The quantitative estimate of drug-likeness (QED) is 0.766. The molecule has 0 bridgehead atoms. The van der Waals surface area contributed by atoms with Crippen molar-refractivity contribution in [2.75, 3.05) is 11.9 Å². The molecule has 0 atom stereocenters. The highest BCUT2D eigenvalue weighted by atomic mass is 16.4. The molecule has 1 aliphatic rings. The van der Waals surface area contributed by atoms with Crippen molar-refractivity contribution >= 4 is 22.7 Å². The van der Waals surface area contributed by atoms with Gasteiger partial charge in [0.15, 0.2) is 5.58 Å². The van der Waals surface area contributed by atoms with E-state index in [2.05, 4.69) is 16.7 Å². The molecule has 6 heteroatoms. The Labute approximate surface area is 144 Å². The predicted molar refractivity (Wildman–Crippen MR) is 95.6 cm³/mol. The molecule has 4 rings (SSSR count). The van der Waals surface area contributed by atoms with E-state index in [1.807, 2.05) is 30.3 Å². The van der Waals surface area contributed by atoms with Gasteiger partial charge in [-0.05, 0) is 42.3 Å². The van der Waals surface area contributed by atoms with Crippen LogP contribution in [0.3, 0.4) is 0 Å². The lowest BCUT2D eigenvalue weighted by Crippen LogP contribution is -2.25. The number of nitrogens with zero attached hydrogens (tertiary/aromatic N) is 1. The van der Waals surface area contributed by atoms with Crippen LogP contribution in [0.5, 0.6) is 0 Å². The predicted octanol–water partition coefficient (Wildman–Crippen LogP) is 2.27. The number of anilines is 1. The number of fused-ring (bicyclic) bond motifs is 2. The molecular weight excluding hydrogens is 318 g/mol. The maximum atomic E-state index is 12.4. The van der Waals surface area contributed by atoms with Crippen molar-refractivity contribution in [3.63, 3.8) is 0 Å². The Hall–Kier alpha value is -2.86. The van der Waals surface area contributed by atoms with Crippen LogP contribution in [0.1, 0.15) is 17.5 Å². The van der Waals surface area contributed by atoms with Gasteiger partial charge in [0.1, 0.15) is 0 Å². The molecular formula is C19H19N3O3. The number of carbonyl (C=O) groups is 1. The zero-order valence-electron chi connectivity index (χ0n) is 13.7. The summed E-state index contributed by atoms with van der Waals surface area (Å²) in [7, 11) is 0. The van der Waals surface area contributed by atoms with Crippen molar-refractivity contribution < 1.29 is 9.21 Å². The molecule has 0 saturated carbocycles. The molecule has 6 nitrogen and oxygen atoms in total. The Morgan fingerprint density at radius 2 is 2.08 bits per heavy atom. The Bertz CT molecular complexity index is 987. The monoisotopic (exact) mass is 337 g/mol. The van der Waals surface area contributed by atoms with Gasteiger partial charge in [-0.1, -0.05) is 24.3 Å². The second kappa shape index (κ2) is 6.57. The van der Waals surface area contributed by atoms with Crippen molar-refractivity contribution in [3.05, 3.63) is 64.1 Å². The van der Waals surface area contributed by atoms with Gasteiger partial charge in [0, 0.05) is 25.2 Å². The number of carbonyl (C=O) groups excluding carboxylic acids is 1. The molecule has 0 unspecified atom stereocenters. The van der Waals surface area contributed by atoms with Crippen LogP contribution in [0.15, 0.2) is 51.7 Å². The molecule has 0 fully saturated rings. The first-order chi connectivity index (χ1) is 12.2. The Morgan fingerprint density at radius 3 is 3.00 bits per heavy atom. The third-order valence-electron chi connectivity index (χ3n) is 4.55. The van der Waals surface area contributed by atoms with Gasteiger partial charge in [-0.2, -0.15) is 0 Å². The minimum Gasteiger partial charge on any atom is -0.408 e. The van der Waals surface area contributed by atoms with E-state index in [1.165, 1.54) is 15.7 Å². The van der Waals surface area contributed by atoms with Gasteiger partial charge < -0.3 is 15.1 Å². The Morgan fingerprint density at radius 1 is 1.20 bits per heavy atom. The van der Waals surface area contributed by atoms with E-state index in [0.717, 1.165) is 25.2 Å². The molecule has 0 saturated heterocycles. The number of para-hydroxylation sites is 2. The first-order valence-electron chi connectivity index (χ1n) is 8.42. The molecule has 0 radical (unpaired) electrons. The van der Waals surface area contributed by atoms with Gasteiger partial charge >= 0.3 is 5.76 Å². The summed E-state index contributed by atoms with van der Waals surface area (Å²) in [6.07, 6.45) is 1.11. The van der Waals surface area contributed by atoms with Gasteiger partial charge in [-0.15, -0.1) is 0 Å². The van der Waals surface area contributed by atoms with Crippen molar-refractivity contribution in [1.29, 1.82) is 0 Å². The third kappa shape index (κ3) is 3.08. The van der Waals surface area contributed by atoms with Crippen LogP contribution in [0.4, 0.5) is 5.69 Å². The van der Waals surface area contributed by atoms with Crippen molar-refractivity contribution in [1.82, 2.24) is 9.88 Å². The van der Waals surface area contributed by atoms with Crippen LogP contribution < -0.4 is 16.4 Å². The molecule has 2 aromatic carbocycles. The number of hydrogen-bond donors (Lipinski definition) is 2. The smallest absolute Gasteiger partial charge is 0.408 e. The van der Waals surface area contributed by atoms with Crippen LogP contribution in [0.2, 0.25) is 0 Å². The number of oxazole rings is 1. The first kappa shape index (κ1) is 15.7. The lowest BCUT2D eigenvalue weighted by atomic mass is 9.99. The van der Waals surface area contributed by atoms with Crippen LogP contribution in [-0.2, 0) is 24.3 Å². The number of nitrogens with one attached hydrogen (secondary N) is 2. The fraction of sp³-hybridized carbons (Fsp3) is 0.263. The normalized spacial score (nSPS) is 13.6. The summed E-state index contributed by atoms with van der Waals surface area (Å²) in [4.78, 5) is 24.3. The highest BCUT2D eigenvalue weighted by Crippen LogP contribution is 2.23. The summed E-state index contributed by atoms with van der Waals surface area (Å²) in [5.41, 5.74) is 4.54. The van der Waals surface area contributed by atoms with Gasteiger partial charge in [0.05, 0.1) is 5.52 Å². The number of rotatable bonds is 4. The summed E-state index contributed by atoms with van der Waals surface area (Å²) < 4.78 is 6.69. The van der Waals surface area contributed by atoms with E-state index in [-0.39, 0.29) is 18.9 Å². The topological polar surface area (TPSA) is 76.3 Å². The maximum absolute atomic E-state index is 12.4. The molecule has 1 aromatic heterocycles. The number of aromatic nitrogens is 1. The lowest BCUT2D eigenvalue weighted by molar-refractivity contribution is -0.116. The second-order valence-corrected chi connectivity index (χ2v) is 6.16. The number of benzene rings is 2. The minimum absolute atomic E-state index is 0.107. The van der Waals surface area contributed by atoms with Crippen LogP contribution in [0, 0.1) is 0 Å². The van der Waals surface area contributed by atoms with Crippen LogP contribution >= 0.6 is 0 Å². The maximum Gasteiger partial charge on any atom is 0.419 e. The zero-order chi connectivity index (χ0) is 17.2. The van der Waals surface area contributed by atoms with E-state index in [9.17, 15) is 9.59 Å². The molecule has 0 aliphatic carbocycles. The van der Waals surface area contributed by atoms with Crippen LogP contribution in [-0.4, -0.2) is 17.0 Å². The van der Waals surface area contributed by atoms with Gasteiger partial charge in [-0.25, -0.2) is 4.79 Å². The van der Waals surface area contributed by atoms with Crippen molar-refractivity contribution in [3.8, 4) is 0 Å². The summed E-state index contributed by atoms with van der Waals surface area (Å²) in [5.74, 6) is -0.540. The van der Waals surface area contributed by atoms with E-state index < -0.39 is 5.76 Å². The molecule has 2 heterocycles. The fourth-order valence-electron chi connectivity index (χ4n) is 3.30.